The minimum atomic E-state index is -1.04. The highest BCUT2D eigenvalue weighted by Crippen LogP contribution is 2.30. The molecule has 0 saturated heterocycles. The first kappa shape index (κ1) is 54.0. The van der Waals surface area contributed by atoms with E-state index in [1.54, 1.807) is 67.5 Å². The molecule has 78 heavy (non-hydrogen) atoms. The number of hydrogen-bond donors (Lipinski definition) is 3. The fourth-order valence-corrected chi connectivity index (χ4v) is 10.4. The molecule has 1 unspecified atom stereocenters. The van der Waals surface area contributed by atoms with Gasteiger partial charge in [0.05, 0.1) is 36.7 Å². The molecule has 3 N–H and O–H groups in total. The molecule has 0 aliphatic carbocycles. The van der Waals surface area contributed by atoms with E-state index >= 15 is 0 Å². The second-order valence-corrected chi connectivity index (χ2v) is 21.7. The van der Waals surface area contributed by atoms with Crippen molar-refractivity contribution in [1.29, 1.82) is 0 Å². The number of allylic oxidation sites excluding steroid dienone is 6. The van der Waals surface area contributed by atoms with E-state index in [1.807, 2.05) is 110 Å². The second-order valence-electron chi connectivity index (χ2n) is 19.4. The number of rotatable bonds is 3. The van der Waals surface area contributed by atoms with E-state index < -0.39 is 16.8 Å². The first-order valence-corrected chi connectivity index (χ1v) is 28.8. The van der Waals surface area contributed by atoms with Gasteiger partial charge in [-0.2, -0.15) is 0 Å². The number of nitrogens with zero attached hydrogens (tertiary/aromatic N) is 15. The van der Waals surface area contributed by atoms with Crippen LogP contribution < -0.4 is 16.7 Å². The number of aliphatic hydroxyl groups is 3. The predicted molar refractivity (Wildman–Crippen MR) is 302 cm³/mol. The maximum absolute atomic E-state index is 12.9. The van der Waals surface area contributed by atoms with Crippen molar-refractivity contribution in [3.63, 3.8) is 0 Å². The Morgan fingerprint density at radius 1 is 0.423 bits per heavy atom. The van der Waals surface area contributed by atoms with Gasteiger partial charge in [-0.05, 0) is 114 Å². The topological polar surface area (TPSA) is 257 Å². The number of hydrogen-bond acceptors (Lipinski definition) is 18. The Kier molecular flexibility index (Phi) is 15.4. The maximum atomic E-state index is 12.9. The van der Waals surface area contributed by atoms with Gasteiger partial charge in [0.25, 0.3) is 16.7 Å². The molecule has 0 aromatic carbocycles. The Labute approximate surface area is 459 Å². The van der Waals surface area contributed by atoms with E-state index in [4.69, 9.17) is 0 Å². The van der Waals surface area contributed by atoms with Gasteiger partial charge >= 0.3 is 0 Å². The summed E-state index contributed by atoms with van der Waals surface area (Å²) in [6.45, 7) is 6.49. The molecular weight excluding hydrogens is 1050 g/mol. The van der Waals surface area contributed by atoms with Gasteiger partial charge in [0.1, 0.15) is 33.0 Å². The normalized spacial score (nSPS) is 21.2. The number of pyridine rings is 3. The highest BCUT2D eigenvalue weighted by molar-refractivity contribution is 7.98. The number of thioether (sulfide) groups is 3. The summed E-state index contributed by atoms with van der Waals surface area (Å²) in [5, 5.41) is 35.5. The van der Waals surface area contributed by atoms with Crippen molar-refractivity contribution in [3.05, 3.63) is 158 Å². The largest absolute Gasteiger partial charge is 0.384 e. The van der Waals surface area contributed by atoms with Crippen LogP contribution in [0.1, 0.15) is 76.4 Å². The van der Waals surface area contributed by atoms with Crippen LogP contribution >= 0.6 is 35.3 Å². The van der Waals surface area contributed by atoms with Crippen LogP contribution in [-0.2, 0) is 36.4 Å². The van der Waals surface area contributed by atoms with Crippen molar-refractivity contribution < 1.29 is 15.3 Å². The van der Waals surface area contributed by atoms with Crippen molar-refractivity contribution in [2.75, 3.05) is 18.8 Å². The quantitative estimate of drug-likeness (QED) is 0.0937. The van der Waals surface area contributed by atoms with Crippen molar-refractivity contribution in [2.45, 2.75) is 111 Å². The van der Waals surface area contributed by atoms with E-state index in [0.717, 1.165) is 0 Å². The summed E-state index contributed by atoms with van der Waals surface area (Å²) in [5.41, 5.74) is -0.319. The van der Waals surface area contributed by atoms with Crippen LogP contribution in [-0.4, -0.2) is 107 Å². The van der Waals surface area contributed by atoms with Crippen LogP contribution in [0.25, 0.3) is 50.6 Å². The highest BCUT2D eigenvalue weighted by Gasteiger charge is 2.29. The minimum absolute atomic E-state index is 0.157. The smallest absolute Gasteiger partial charge is 0.278 e. The summed E-state index contributed by atoms with van der Waals surface area (Å²) in [6, 6.07) is 16.4. The number of fused-ring (bicyclic) bond motifs is 18. The fraction of sp³-hybridized carbons (Fsp3) is 0.333. The average Bonchev–Trinajstić information content (AvgIpc) is 4.17. The van der Waals surface area contributed by atoms with Crippen molar-refractivity contribution in [3.8, 4) is 17.5 Å². The lowest BCUT2D eigenvalue weighted by Gasteiger charge is -2.22. The molecule has 402 valence electrons. The van der Waals surface area contributed by atoms with Gasteiger partial charge in [0.15, 0.2) is 49.9 Å². The lowest BCUT2D eigenvalue weighted by molar-refractivity contribution is 0.0439. The molecule has 12 heterocycles. The highest BCUT2D eigenvalue weighted by atomic mass is 32.2. The molecule has 6 bridgehead atoms. The van der Waals surface area contributed by atoms with Gasteiger partial charge in [0.2, 0.25) is 0 Å². The Morgan fingerprint density at radius 2 is 0.705 bits per heavy atom. The summed E-state index contributed by atoms with van der Waals surface area (Å²) < 4.78 is 9.96. The van der Waals surface area contributed by atoms with Crippen LogP contribution in [0.15, 0.2) is 139 Å². The molecule has 0 amide bonds. The molecule has 3 atom stereocenters. The molecule has 21 nitrogen and oxygen atoms in total. The van der Waals surface area contributed by atoms with Gasteiger partial charge in [0, 0.05) is 18.6 Å². The van der Waals surface area contributed by atoms with E-state index in [0.29, 0.717) is 141 Å². The molecule has 3 aliphatic heterocycles. The molecule has 0 radical (unpaired) electrons. The summed E-state index contributed by atoms with van der Waals surface area (Å²) in [7, 11) is 0. The zero-order valence-corrected chi connectivity index (χ0v) is 46.2. The third-order valence-corrected chi connectivity index (χ3v) is 15.4. The summed E-state index contributed by atoms with van der Waals surface area (Å²) in [5.74, 6) is 1.66. The van der Waals surface area contributed by atoms with Crippen LogP contribution in [0.3, 0.4) is 0 Å². The Hall–Kier alpha value is -7.35. The first-order chi connectivity index (χ1) is 37.5. The van der Waals surface area contributed by atoms with Gasteiger partial charge in [-0.15, -0.1) is 0 Å². The zero-order valence-electron chi connectivity index (χ0n) is 43.8. The van der Waals surface area contributed by atoms with E-state index in [1.165, 1.54) is 35.3 Å². The molecule has 12 rings (SSSR count). The first-order valence-electron chi connectivity index (χ1n) is 25.2. The van der Waals surface area contributed by atoms with Gasteiger partial charge in [-0.25, -0.2) is 72.9 Å². The maximum Gasteiger partial charge on any atom is 0.278 e. The van der Waals surface area contributed by atoms with E-state index in [2.05, 4.69) is 44.9 Å². The van der Waals surface area contributed by atoms with Crippen LogP contribution in [0.5, 0.6) is 0 Å². The third-order valence-electron chi connectivity index (χ3n) is 13.7. The Morgan fingerprint density at radius 3 is 0.974 bits per heavy atom. The minimum Gasteiger partial charge on any atom is -0.384 e. The van der Waals surface area contributed by atoms with Crippen LogP contribution in [0.4, 0.5) is 0 Å². The SMILES string of the molecule is CSc1ncc2c(=O)n3n(c2n1)-c1cccc(n1)C(C)(O)CC/C=C\C3.CSc1ncc2c(=O)n3n(c2n1)-c1cccc(n1)[C@@](C)(O)CC/C=C\C3.CSc1ncc2c(=O)n3n(c2n1)-c1cccc(n1)[C@](C)(O)CC/C=C\C3. The van der Waals surface area contributed by atoms with E-state index in [9.17, 15) is 29.7 Å². The lowest BCUT2D eigenvalue weighted by Crippen LogP contribution is -2.24. The third kappa shape index (κ3) is 10.5. The molecule has 9 aromatic heterocycles. The molecule has 24 heteroatoms. The molecule has 9 aromatic rings. The van der Waals surface area contributed by atoms with Gasteiger partial charge < -0.3 is 15.3 Å². The molecule has 0 spiro atoms. The predicted octanol–water partition coefficient (Wildman–Crippen LogP) is 6.77. The average molecular weight is 1110 g/mol. The standard InChI is InChI=1S/3C18H19N5O2S/c3*1-18(25)9-4-3-5-10-22-16(24)12-11-19-17(26-2)21-15(12)23(22)14-8-6-7-13(18)20-14/h3*3,5-8,11,25H,4,9-10H2,1-2H3/b3*5-3-/t2*18-;/m10./s1. The summed E-state index contributed by atoms with van der Waals surface area (Å²) in [6.07, 6.45) is 25.9. The van der Waals surface area contributed by atoms with Crippen molar-refractivity contribution >= 4 is 68.4 Å². The molecule has 3 aliphatic rings. The molecular formula is C54H57N15O6S3. The lowest BCUT2D eigenvalue weighted by atomic mass is 9.95. The summed E-state index contributed by atoms with van der Waals surface area (Å²) >= 11 is 4.25. The molecule has 0 fully saturated rings. The monoisotopic (exact) mass is 1110 g/mol. The number of aromatic nitrogens is 15. The Balaban J connectivity index is 0.000000132. The van der Waals surface area contributed by atoms with Crippen LogP contribution in [0, 0.1) is 0 Å². The fourth-order valence-electron chi connectivity index (χ4n) is 9.40. The van der Waals surface area contributed by atoms with E-state index in [-0.39, 0.29) is 16.7 Å². The Bertz CT molecular complexity index is 3610. The van der Waals surface area contributed by atoms with Gasteiger partial charge in [-0.3, -0.25) is 14.4 Å². The van der Waals surface area contributed by atoms with Gasteiger partial charge in [-0.1, -0.05) is 89.9 Å². The second kappa shape index (κ2) is 22.2. The molecule has 0 saturated carbocycles. The van der Waals surface area contributed by atoms with Crippen molar-refractivity contribution in [1.82, 2.24) is 72.9 Å². The summed E-state index contributed by atoms with van der Waals surface area (Å²) in [4.78, 5) is 78.9. The van der Waals surface area contributed by atoms with Crippen LogP contribution in [0.2, 0.25) is 0 Å². The van der Waals surface area contributed by atoms with Crippen molar-refractivity contribution in [2.24, 2.45) is 0 Å². The zero-order chi connectivity index (χ0) is 54.9.